The molecule has 4 rings (SSSR count). The largest absolute Gasteiger partial charge is 0.322 e. The van der Waals surface area contributed by atoms with Gasteiger partial charge in [-0.1, -0.05) is 54.6 Å². The van der Waals surface area contributed by atoms with E-state index in [0.717, 1.165) is 5.39 Å². The molecular formula is C23H17N3O2. The van der Waals surface area contributed by atoms with E-state index in [4.69, 9.17) is 0 Å². The number of pyridine rings is 1. The van der Waals surface area contributed by atoms with Crippen molar-refractivity contribution in [3.05, 3.63) is 102 Å². The predicted molar refractivity (Wildman–Crippen MR) is 111 cm³/mol. The van der Waals surface area contributed by atoms with E-state index >= 15 is 0 Å². The van der Waals surface area contributed by atoms with Crippen LogP contribution in [-0.4, -0.2) is 16.8 Å². The second-order valence-corrected chi connectivity index (χ2v) is 6.22. The number of nitrogens with one attached hydrogen (secondary N) is 2. The van der Waals surface area contributed by atoms with Gasteiger partial charge in [-0.2, -0.15) is 0 Å². The maximum absolute atomic E-state index is 12.9. The van der Waals surface area contributed by atoms with Crippen molar-refractivity contribution in [2.75, 3.05) is 10.6 Å². The molecule has 5 heteroatoms. The van der Waals surface area contributed by atoms with Gasteiger partial charge in [-0.15, -0.1) is 0 Å². The van der Waals surface area contributed by atoms with Crippen molar-refractivity contribution < 1.29 is 9.59 Å². The minimum absolute atomic E-state index is 0.0796. The Morgan fingerprint density at radius 2 is 1.18 bits per heavy atom. The van der Waals surface area contributed by atoms with Gasteiger partial charge in [0.2, 0.25) is 0 Å². The fourth-order valence-electron chi connectivity index (χ4n) is 2.89. The Morgan fingerprint density at radius 3 is 1.82 bits per heavy atom. The van der Waals surface area contributed by atoms with Crippen LogP contribution in [-0.2, 0) is 0 Å². The monoisotopic (exact) mass is 367 g/mol. The van der Waals surface area contributed by atoms with E-state index in [9.17, 15) is 9.59 Å². The number of aromatic nitrogens is 1. The van der Waals surface area contributed by atoms with E-state index in [1.165, 1.54) is 0 Å². The maximum atomic E-state index is 12.9. The number of para-hydroxylation sites is 3. The lowest BCUT2D eigenvalue weighted by molar-refractivity contribution is 0.0987. The normalized spacial score (nSPS) is 10.4. The van der Waals surface area contributed by atoms with Crippen LogP contribution in [0, 0.1) is 0 Å². The summed E-state index contributed by atoms with van der Waals surface area (Å²) in [6.07, 6.45) is 0. The molecule has 0 atom stereocenters. The van der Waals surface area contributed by atoms with Gasteiger partial charge in [-0.05, 0) is 36.4 Å². The van der Waals surface area contributed by atoms with Gasteiger partial charge in [0, 0.05) is 16.8 Å². The number of carbonyl (C=O) groups is 2. The molecule has 28 heavy (non-hydrogen) atoms. The molecule has 2 amide bonds. The zero-order valence-corrected chi connectivity index (χ0v) is 14.9. The Labute approximate surface area is 162 Å². The summed E-state index contributed by atoms with van der Waals surface area (Å²) in [4.78, 5) is 30.2. The predicted octanol–water partition coefficient (Wildman–Crippen LogP) is 4.74. The highest BCUT2D eigenvalue weighted by Gasteiger charge is 2.20. The quantitative estimate of drug-likeness (QED) is 0.547. The molecule has 0 saturated heterocycles. The third kappa shape index (κ3) is 3.73. The molecule has 1 heterocycles. The number of carbonyl (C=O) groups excluding carboxylic acids is 2. The first-order valence-electron chi connectivity index (χ1n) is 8.83. The third-order valence-electron chi connectivity index (χ3n) is 4.25. The first kappa shape index (κ1) is 17.4. The third-order valence-corrected chi connectivity index (χ3v) is 4.25. The van der Waals surface area contributed by atoms with E-state index in [0.29, 0.717) is 16.9 Å². The van der Waals surface area contributed by atoms with Crippen molar-refractivity contribution >= 4 is 34.1 Å². The van der Waals surface area contributed by atoms with Crippen LogP contribution < -0.4 is 10.6 Å². The molecule has 0 spiro atoms. The molecule has 5 nitrogen and oxygen atoms in total. The lowest BCUT2D eigenvalue weighted by Gasteiger charge is -2.12. The van der Waals surface area contributed by atoms with Gasteiger partial charge in [0.1, 0.15) is 5.69 Å². The summed E-state index contributed by atoms with van der Waals surface area (Å²) in [5, 5.41) is 6.41. The molecular weight excluding hydrogens is 350 g/mol. The van der Waals surface area contributed by atoms with Crippen molar-refractivity contribution in [2.45, 2.75) is 0 Å². The molecule has 0 radical (unpaired) electrons. The van der Waals surface area contributed by atoms with Gasteiger partial charge in [-0.3, -0.25) is 9.59 Å². The van der Waals surface area contributed by atoms with Gasteiger partial charge in [0.15, 0.2) is 0 Å². The minimum Gasteiger partial charge on any atom is -0.322 e. The van der Waals surface area contributed by atoms with E-state index in [2.05, 4.69) is 15.6 Å². The fraction of sp³-hybridized carbons (Fsp3) is 0. The van der Waals surface area contributed by atoms with Gasteiger partial charge in [-0.25, -0.2) is 4.98 Å². The Balaban J connectivity index is 1.74. The number of fused-ring (bicyclic) bond motifs is 1. The molecule has 0 aliphatic heterocycles. The number of anilines is 2. The molecule has 4 aromatic rings. The summed E-state index contributed by atoms with van der Waals surface area (Å²) in [7, 11) is 0. The molecule has 0 saturated carbocycles. The SMILES string of the molecule is O=C(Nc1ccccc1)c1cc2ccccc2nc1C(=O)Nc1ccccc1. The lowest BCUT2D eigenvalue weighted by atomic mass is 10.1. The number of hydrogen-bond acceptors (Lipinski definition) is 3. The van der Waals surface area contributed by atoms with Gasteiger partial charge >= 0.3 is 0 Å². The molecule has 1 aromatic heterocycles. The summed E-state index contributed by atoms with van der Waals surface area (Å²) >= 11 is 0. The first-order chi connectivity index (χ1) is 13.7. The van der Waals surface area contributed by atoms with Crippen LogP contribution >= 0.6 is 0 Å². The summed E-state index contributed by atoms with van der Waals surface area (Å²) in [5.74, 6) is -0.821. The lowest BCUT2D eigenvalue weighted by Crippen LogP contribution is -2.22. The average Bonchev–Trinajstić information content (AvgIpc) is 2.74. The van der Waals surface area contributed by atoms with Gasteiger partial charge in [0.05, 0.1) is 11.1 Å². The molecule has 136 valence electrons. The van der Waals surface area contributed by atoms with Crippen LogP contribution in [0.15, 0.2) is 91.0 Å². The topological polar surface area (TPSA) is 71.1 Å². The first-order valence-corrected chi connectivity index (χ1v) is 8.83. The fourth-order valence-corrected chi connectivity index (χ4v) is 2.89. The average molecular weight is 367 g/mol. The summed E-state index contributed by atoms with van der Waals surface area (Å²) < 4.78 is 0. The van der Waals surface area contributed by atoms with Crippen LogP contribution in [0.5, 0.6) is 0 Å². The van der Waals surface area contributed by atoms with Crippen molar-refractivity contribution in [2.24, 2.45) is 0 Å². The maximum Gasteiger partial charge on any atom is 0.275 e. The second kappa shape index (κ2) is 7.72. The van der Waals surface area contributed by atoms with E-state index in [1.807, 2.05) is 60.7 Å². The molecule has 0 aliphatic carbocycles. The highest BCUT2D eigenvalue weighted by atomic mass is 16.2. The van der Waals surface area contributed by atoms with E-state index in [1.54, 1.807) is 30.3 Å². The number of amides is 2. The highest BCUT2D eigenvalue weighted by Crippen LogP contribution is 2.20. The van der Waals surface area contributed by atoms with Gasteiger partial charge < -0.3 is 10.6 Å². The molecule has 3 aromatic carbocycles. The van der Waals surface area contributed by atoms with Crippen LogP contribution in [0.25, 0.3) is 10.9 Å². The molecule has 0 bridgehead atoms. The summed E-state index contributed by atoms with van der Waals surface area (Å²) in [5.41, 5.74) is 2.23. The Hall–Kier alpha value is -3.99. The standard InChI is InChI=1S/C23H17N3O2/c27-22(24-17-10-3-1-4-11-17)19-15-16-9-7-8-14-20(16)26-21(19)23(28)25-18-12-5-2-6-13-18/h1-15H,(H,24,27)(H,25,28). The van der Waals surface area contributed by atoms with Crippen LogP contribution in [0.3, 0.4) is 0 Å². The van der Waals surface area contributed by atoms with Crippen LogP contribution in [0.1, 0.15) is 20.8 Å². The summed E-state index contributed by atoms with van der Waals surface area (Å²) in [6, 6.07) is 27.3. The molecule has 0 unspecified atom stereocenters. The van der Waals surface area contributed by atoms with Crippen molar-refractivity contribution in [1.82, 2.24) is 4.98 Å². The zero-order valence-electron chi connectivity index (χ0n) is 14.9. The second-order valence-electron chi connectivity index (χ2n) is 6.22. The Morgan fingerprint density at radius 1 is 0.643 bits per heavy atom. The molecule has 0 aliphatic rings. The van der Waals surface area contributed by atoms with Crippen LogP contribution in [0.4, 0.5) is 11.4 Å². The van der Waals surface area contributed by atoms with E-state index in [-0.39, 0.29) is 17.2 Å². The Kier molecular flexibility index (Phi) is 4.80. The van der Waals surface area contributed by atoms with E-state index < -0.39 is 5.91 Å². The smallest absolute Gasteiger partial charge is 0.275 e. The van der Waals surface area contributed by atoms with Crippen molar-refractivity contribution in [3.8, 4) is 0 Å². The summed E-state index contributed by atoms with van der Waals surface area (Å²) in [6.45, 7) is 0. The zero-order chi connectivity index (χ0) is 19.3. The highest BCUT2D eigenvalue weighted by molar-refractivity contribution is 6.15. The minimum atomic E-state index is -0.435. The van der Waals surface area contributed by atoms with Gasteiger partial charge in [0.25, 0.3) is 11.8 Å². The number of nitrogens with zero attached hydrogens (tertiary/aromatic N) is 1. The number of rotatable bonds is 4. The Bertz CT molecular complexity index is 1050. The molecule has 0 fully saturated rings. The number of benzene rings is 3. The number of hydrogen-bond donors (Lipinski definition) is 2. The van der Waals surface area contributed by atoms with Crippen LogP contribution in [0.2, 0.25) is 0 Å². The van der Waals surface area contributed by atoms with Crippen molar-refractivity contribution in [1.29, 1.82) is 0 Å². The molecule has 2 N–H and O–H groups in total. The van der Waals surface area contributed by atoms with Crippen molar-refractivity contribution in [3.63, 3.8) is 0 Å².